The maximum absolute atomic E-state index is 6.08. The Morgan fingerprint density at radius 1 is 0.875 bits per heavy atom. The van der Waals surface area contributed by atoms with E-state index in [4.69, 9.17) is 5.73 Å². The van der Waals surface area contributed by atoms with Crippen molar-refractivity contribution in [2.45, 2.75) is 52.5 Å². The first-order chi connectivity index (χ1) is 7.15. The van der Waals surface area contributed by atoms with E-state index in [2.05, 4.69) is 52.0 Å². The predicted octanol–water partition coefficient (Wildman–Crippen LogP) is 3.81. The molecule has 0 spiro atoms. The number of hydrogen-bond donors (Lipinski definition) is 1. The molecule has 1 heteroatoms. The van der Waals surface area contributed by atoms with E-state index in [-0.39, 0.29) is 11.0 Å². The van der Waals surface area contributed by atoms with Crippen molar-refractivity contribution < 1.29 is 0 Å². The Labute approximate surface area is 100 Å². The molecule has 16 heavy (non-hydrogen) atoms. The Balaban J connectivity index is 3.05. The summed E-state index contributed by atoms with van der Waals surface area (Å²) in [6.45, 7) is 13.2. The SMILES string of the molecule is CC(C)C(C)(C)c1ccc(C(C)(C)N)cc1. The third-order valence-electron chi connectivity index (χ3n) is 3.82. The van der Waals surface area contributed by atoms with Gasteiger partial charge in [0.1, 0.15) is 0 Å². The van der Waals surface area contributed by atoms with Gasteiger partial charge in [-0.1, -0.05) is 52.0 Å². The molecule has 0 aliphatic carbocycles. The highest BCUT2D eigenvalue weighted by molar-refractivity contribution is 5.31. The molecule has 0 aliphatic rings. The van der Waals surface area contributed by atoms with Gasteiger partial charge in [-0.2, -0.15) is 0 Å². The predicted molar refractivity (Wildman–Crippen MR) is 71.5 cm³/mol. The molecule has 0 saturated heterocycles. The minimum Gasteiger partial charge on any atom is -0.322 e. The van der Waals surface area contributed by atoms with Gasteiger partial charge in [0.25, 0.3) is 0 Å². The second-order valence-corrected chi connectivity index (χ2v) is 6.18. The van der Waals surface area contributed by atoms with Gasteiger partial charge in [-0.15, -0.1) is 0 Å². The topological polar surface area (TPSA) is 26.0 Å². The second-order valence-electron chi connectivity index (χ2n) is 6.18. The molecule has 0 fully saturated rings. The van der Waals surface area contributed by atoms with Crippen molar-refractivity contribution in [3.8, 4) is 0 Å². The first-order valence-electron chi connectivity index (χ1n) is 6.05. The van der Waals surface area contributed by atoms with Crippen LogP contribution in [0.4, 0.5) is 0 Å². The van der Waals surface area contributed by atoms with Crippen molar-refractivity contribution in [3.05, 3.63) is 35.4 Å². The molecule has 0 saturated carbocycles. The molecule has 0 aliphatic heterocycles. The van der Waals surface area contributed by atoms with Crippen LogP contribution in [0.2, 0.25) is 0 Å². The quantitative estimate of drug-likeness (QED) is 0.822. The van der Waals surface area contributed by atoms with Crippen LogP contribution < -0.4 is 5.73 Å². The summed E-state index contributed by atoms with van der Waals surface area (Å²) in [5.41, 5.74) is 8.62. The third kappa shape index (κ3) is 2.65. The van der Waals surface area contributed by atoms with Gasteiger partial charge >= 0.3 is 0 Å². The van der Waals surface area contributed by atoms with E-state index < -0.39 is 0 Å². The summed E-state index contributed by atoms with van der Waals surface area (Å²) in [7, 11) is 0. The first-order valence-corrected chi connectivity index (χ1v) is 6.05. The third-order valence-corrected chi connectivity index (χ3v) is 3.82. The van der Waals surface area contributed by atoms with E-state index in [1.54, 1.807) is 0 Å². The molecule has 0 atom stereocenters. The Kier molecular flexibility index (Phi) is 3.49. The molecule has 2 N–H and O–H groups in total. The molecular formula is C15H25N. The maximum atomic E-state index is 6.08. The van der Waals surface area contributed by atoms with E-state index in [0.717, 1.165) is 0 Å². The van der Waals surface area contributed by atoms with Crippen molar-refractivity contribution in [3.63, 3.8) is 0 Å². The molecule has 0 aromatic heterocycles. The lowest BCUT2D eigenvalue weighted by molar-refractivity contribution is 0.372. The van der Waals surface area contributed by atoms with Gasteiger partial charge in [-0.05, 0) is 36.3 Å². The molecule has 0 unspecified atom stereocenters. The van der Waals surface area contributed by atoms with Crippen LogP contribution in [0.1, 0.15) is 52.7 Å². The zero-order valence-electron chi connectivity index (χ0n) is 11.5. The molecule has 0 heterocycles. The number of hydrogen-bond acceptors (Lipinski definition) is 1. The van der Waals surface area contributed by atoms with Gasteiger partial charge < -0.3 is 5.73 Å². The summed E-state index contributed by atoms with van der Waals surface area (Å²) in [6.07, 6.45) is 0. The fourth-order valence-electron chi connectivity index (χ4n) is 1.66. The lowest BCUT2D eigenvalue weighted by Gasteiger charge is -2.30. The Morgan fingerprint density at radius 3 is 1.56 bits per heavy atom. The number of nitrogens with two attached hydrogens (primary N) is 1. The van der Waals surface area contributed by atoms with E-state index in [9.17, 15) is 0 Å². The molecule has 1 nitrogen and oxygen atoms in total. The average molecular weight is 219 g/mol. The fourth-order valence-corrected chi connectivity index (χ4v) is 1.66. The van der Waals surface area contributed by atoms with Crippen LogP contribution in [-0.2, 0) is 11.0 Å². The largest absolute Gasteiger partial charge is 0.322 e. The minimum absolute atomic E-state index is 0.220. The highest BCUT2D eigenvalue weighted by Gasteiger charge is 2.25. The summed E-state index contributed by atoms with van der Waals surface area (Å²) < 4.78 is 0. The summed E-state index contributed by atoms with van der Waals surface area (Å²) in [5, 5.41) is 0. The average Bonchev–Trinajstić information content (AvgIpc) is 2.16. The zero-order valence-corrected chi connectivity index (χ0v) is 11.5. The van der Waals surface area contributed by atoms with Crippen LogP contribution in [0.3, 0.4) is 0 Å². The minimum atomic E-state index is -0.250. The summed E-state index contributed by atoms with van der Waals surface area (Å²) in [5.74, 6) is 0.629. The number of benzene rings is 1. The van der Waals surface area contributed by atoms with Gasteiger partial charge in [-0.3, -0.25) is 0 Å². The Morgan fingerprint density at radius 2 is 1.25 bits per heavy atom. The van der Waals surface area contributed by atoms with E-state index in [1.165, 1.54) is 11.1 Å². The van der Waals surface area contributed by atoms with E-state index in [1.807, 2.05) is 13.8 Å². The van der Waals surface area contributed by atoms with Crippen LogP contribution in [0.15, 0.2) is 24.3 Å². The van der Waals surface area contributed by atoms with Crippen LogP contribution in [0.5, 0.6) is 0 Å². The van der Waals surface area contributed by atoms with Crippen molar-refractivity contribution in [1.82, 2.24) is 0 Å². The highest BCUT2D eigenvalue weighted by Crippen LogP contribution is 2.32. The molecule has 1 aromatic carbocycles. The lowest BCUT2D eigenvalue weighted by Crippen LogP contribution is -2.29. The normalized spacial score (nSPS) is 13.2. The molecule has 0 amide bonds. The van der Waals surface area contributed by atoms with Gasteiger partial charge in [0, 0.05) is 5.54 Å². The Bertz CT molecular complexity index is 339. The summed E-state index contributed by atoms with van der Waals surface area (Å²) >= 11 is 0. The van der Waals surface area contributed by atoms with E-state index in [0.29, 0.717) is 5.92 Å². The smallest absolute Gasteiger partial charge is 0.0352 e. The van der Waals surface area contributed by atoms with Crippen molar-refractivity contribution in [2.24, 2.45) is 11.7 Å². The Hall–Kier alpha value is -0.820. The second kappa shape index (κ2) is 4.21. The summed E-state index contributed by atoms with van der Waals surface area (Å²) in [6, 6.07) is 8.73. The summed E-state index contributed by atoms with van der Waals surface area (Å²) in [4.78, 5) is 0. The van der Waals surface area contributed by atoms with Crippen LogP contribution in [0.25, 0.3) is 0 Å². The standard InChI is InChI=1S/C15H25N/c1-11(2)14(3,4)12-7-9-13(10-8-12)15(5,6)16/h7-11H,16H2,1-6H3. The number of rotatable bonds is 3. The monoisotopic (exact) mass is 219 g/mol. The highest BCUT2D eigenvalue weighted by atomic mass is 14.7. The molecule has 0 radical (unpaired) electrons. The fraction of sp³-hybridized carbons (Fsp3) is 0.600. The first kappa shape index (κ1) is 13.2. The molecule has 90 valence electrons. The van der Waals surface area contributed by atoms with Crippen molar-refractivity contribution in [2.75, 3.05) is 0 Å². The van der Waals surface area contributed by atoms with Crippen molar-refractivity contribution in [1.29, 1.82) is 0 Å². The van der Waals surface area contributed by atoms with Crippen LogP contribution >= 0.6 is 0 Å². The maximum Gasteiger partial charge on any atom is 0.0352 e. The van der Waals surface area contributed by atoms with E-state index >= 15 is 0 Å². The lowest BCUT2D eigenvalue weighted by atomic mass is 9.75. The van der Waals surface area contributed by atoms with Crippen LogP contribution in [-0.4, -0.2) is 0 Å². The van der Waals surface area contributed by atoms with Gasteiger partial charge in [-0.25, -0.2) is 0 Å². The van der Waals surface area contributed by atoms with Crippen LogP contribution in [0, 0.1) is 5.92 Å². The van der Waals surface area contributed by atoms with Gasteiger partial charge in [0.15, 0.2) is 0 Å². The van der Waals surface area contributed by atoms with Crippen molar-refractivity contribution >= 4 is 0 Å². The van der Waals surface area contributed by atoms with Gasteiger partial charge in [0.2, 0.25) is 0 Å². The van der Waals surface area contributed by atoms with Gasteiger partial charge in [0.05, 0.1) is 0 Å². The molecular weight excluding hydrogens is 194 g/mol. The molecule has 1 rings (SSSR count). The zero-order chi connectivity index (χ0) is 12.6. The molecule has 0 bridgehead atoms. The molecule has 1 aromatic rings.